The van der Waals surface area contributed by atoms with Crippen molar-refractivity contribution in [3.05, 3.63) is 17.8 Å². The molecule has 2 aliphatic heterocycles. The van der Waals surface area contributed by atoms with E-state index in [1.54, 1.807) is 4.31 Å². The third kappa shape index (κ3) is 2.64. The van der Waals surface area contributed by atoms with E-state index in [-0.39, 0.29) is 17.8 Å². The zero-order chi connectivity index (χ0) is 15.0. The normalized spacial score (nSPS) is 26.3. The number of fused-ring (bicyclic) bond motifs is 1. The second kappa shape index (κ2) is 5.53. The van der Waals surface area contributed by atoms with Crippen LogP contribution in [-0.4, -0.2) is 53.8 Å². The van der Waals surface area contributed by atoms with Crippen molar-refractivity contribution in [2.75, 3.05) is 23.7 Å². The van der Waals surface area contributed by atoms with E-state index in [9.17, 15) is 8.42 Å². The Kier molecular flexibility index (Phi) is 3.88. The molecule has 0 aromatic carbocycles. The Morgan fingerprint density at radius 3 is 2.62 bits per heavy atom. The van der Waals surface area contributed by atoms with Crippen molar-refractivity contribution in [1.29, 1.82) is 0 Å². The molecule has 1 aromatic heterocycles. The summed E-state index contributed by atoms with van der Waals surface area (Å²) in [5.74, 6) is 1.11. The van der Waals surface area contributed by atoms with Gasteiger partial charge in [0, 0.05) is 25.2 Å². The first-order valence-electron chi connectivity index (χ1n) is 7.59. The maximum Gasteiger partial charge on any atom is 0.214 e. The average Bonchev–Trinajstić information content (AvgIpc) is 3.01. The van der Waals surface area contributed by atoms with Gasteiger partial charge in [0.1, 0.15) is 0 Å². The number of aryl methyl sites for hydroxylation is 1. The molecule has 2 aliphatic rings. The predicted molar refractivity (Wildman–Crippen MR) is 81.7 cm³/mol. The molecule has 21 heavy (non-hydrogen) atoms. The largest absolute Gasteiger partial charge is 0.350 e. The fourth-order valence-corrected chi connectivity index (χ4v) is 5.29. The molecule has 0 aliphatic carbocycles. The zero-order valence-corrected chi connectivity index (χ0v) is 13.4. The molecular weight excluding hydrogens is 288 g/mol. The van der Waals surface area contributed by atoms with E-state index in [0.29, 0.717) is 13.0 Å². The Morgan fingerprint density at radius 1 is 1.19 bits per heavy atom. The van der Waals surface area contributed by atoms with Crippen LogP contribution >= 0.6 is 0 Å². The second-order valence-electron chi connectivity index (χ2n) is 5.87. The van der Waals surface area contributed by atoms with Gasteiger partial charge in [-0.3, -0.25) is 0 Å². The van der Waals surface area contributed by atoms with E-state index < -0.39 is 10.0 Å². The Hall–Kier alpha value is -1.21. The van der Waals surface area contributed by atoms with Gasteiger partial charge in [-0.1, -0.05) is 6.92 Å². The number of anilines is 1. The molecular formula is C14H22N4O2S. The van der Waals surface area contributed by atoms with Gasteiger partial charge in [0.25, 0.3) is 0 Å². The summed E-state index contributed by atoms with van der Waals surface area (Å²) in [6.45, 7) is 5.31. The van der Waals surface area contributed by atoms with Crippen LogP contribution in [0.25, 0.3) is 0 Å². The highest BCUT2D eigenvalue weighted by Crippen LogP contribution is 2.35. The predicted octanol–water partition coefficient (Wildman–Crippen LogP) is 1.18. The topological polar surface area (TPSA) is 66.4 Å². The molecule has 6 nitrogen and oxygen atoms in total. The van der Waals surface area contributed by atoms with Gasteiger partial charge >= 0.3 is 0 Å². The molecule has 2 fully saturated rings. The molecule has 3 rings (SSSR count). The number of nitrogens with zero attached hydrogens (tertiary/aromatic N) is 4. The highest BCUT2D eigenvalue weighted by molar-refractivity contribution is 7.89. The van der Waals surface area contributed by atoms with Crippen molar-refractivity contribution >= 4 is 15.8 Å². The van der Waals surface area contributed by atoms with Crippen LogP contribution in [0.15, 0.2) is 12.1 Å². The summed E-state index contributed by atoms with van der Waals surface area (Å²) in [5.41, 5.74) is 0.896. The van der Waals surface area contributed by atoms with Gasteiger partial charge in [0.2, 0.25) is 10.0 Å². The summed E-state index contributed by atoms with van der Waals surface area (Å²) >= 11 is 0. The van der Waals surface area contributed by atoms with Gasteiger partial charge in [0.05, 0.1) is 11.4 Å². The SMILES string of the molecule is CCCS(=O)(=O)N1CC[C@H]2[C@H]1CCN2c1ccc(C)nn1. The average molecular weight is 310 g/mol. The first kappa shape index (κ1) is 14.7. The lowest BCUT2D eigenvalue weighted by Gasteiger charge is -2.25. The number of hydrogen-bond donors (Lipinski definition) is 0. The van der Waals surface area contributed by atoms with E-state index in [1.807, 2.05) is 26.0 Å². The molecule has 0 unspecified atom stereocenters. The molecule has 0 N–H and O–H groups in total. The van der Waals surface area contributed by atoms with Gasteiger partial charge in [-0.25, -0.2) is 8.42 Å². The van der Waals surface area contributed by atoms with Crippen molar-refractivity contribution in [1.82, 2.24) is 14.5 Å². The standard InChI is InChI=1S/C14H22N4O2S/c1-3-10-21(19,20)18-9-7-12-13(18)6-8-17(12)14-5-4-11(2)15-16-14/h4-5,12-13H,3,6-10H2,1-2H3/t12-,13+/m0/s1. The van der Waals surface area contributed by atoms with Gasteiger partial charge in [0.15, 0.2) is 5.82 Å². The summed E-state index contributed by atoms with van der Waals surface area (Å²) in [6, 6.07) is 4.28. The summed E-state index contributed by atoms with van der Waals surface area (Å²) in [4.78, 5) is 2.22. The lowest BCUT2D eigenvalue weighted by atomic mass is 10.1. The number of rotatable bonds is 4. The molecule has 0 amide bonds. The van der Waals surface area contributed by atoms with Crippen LogP contribution in [0.5, 0.6) is 0 Å². The van der Waals surface area contributed by atoms with Crippen LogP contribution in [0, 0.1) is 6.92 Å². The molecule has 3 heterocycles. The first-order valence-corrected chi connectivity index (χ1v) is 9.20. The number of hydrogen-bond acceptors (Lipinski definition) is 5. The van der Waals surface area contributed by atoms with Crippen molar-refractivity contribution in [2.45, 2.75) is 45.2 Å². The minimum atomic E-state index is -3.11. The van der Waals surface area contributed by atoms with Crippen molar-refractivity contribution < 1.29 is 8.42 Å². The number of aromatic nitrogens is 2. The molecule has 0 radical (unpaired) electrons. The molecule has 116 valence electrons. The van der Waals surface area contributed by atoms with Crippen molar-refractivity contribution in [2.24, 2.45) is 0 Å². The van der Waals surface area contributed by atoms with E-state index in [1.165, 1.54) is 0 Å². The van der Waals surface area contributed by atoms with Gasteiger partial charge in [-0.15, -0.1) is 5.10 Å². The molecule has 2 atom stereocenters. The van der Waals surface area contributed by atoms with Gasteiger partial charge in [-0.2, -0.15) is 9.40 Å². The van der Waals surface area contributed by atoms with E-state index >= 15 is 0 Å². The van der Waals surface area contributed by atoms with Crippen LogP contribution < -0.4 is 4.90 Å². The summed E-state index contributed by atoms with van der Waals surface area (Å²) in [5, 5.41) is 8.36. The quantitative estimate of drug-likeness (QED) is 0.835. The summed E-state index contributed by atoms with van der Waals surface area (Å²) in [7, 11) is -3.11. The Bertz CT molecular complexity index is 602. The van der Waals surface area contributed by atoms with Crippen LogP contribution in [-0.2, 0) is 10.0 Å². The monoisotopic (exact) mass is 310 g/mol. The second-order valence-corrected chi connectivity index (χ2v) is 7.91. The number of sulfonamides is 1. The maximum absolute atomic E-state index is 12.3. The van der Waals surface area contributed by atoms with Crippen molar-refractivity contribution in [3.8, 4) is 0 Å². The minimum Gasteiger partial charge on any atom is -0.350 e. The molecule has 0 spiro atoms. The molecule has 0 bridgehead atoms. The molecule has 7 heteroatoms. The smallest absolute Gasteiger partial charge is 0.214 e. The Balaban J connectivity index is 1.79. The molecule has 2 saturated heterocycles. The third-order valence-electron chi connectivity index (χ3n) is 4.42. The molecule has 0 saturated carbocycles. The Labute approximate surface area is 126 Å². The van der Waals surface area contributed by atoms with Crippen LogP contribution in [0.2, 0.25) is 0 Å². The van der Waals surface area contributed by atoms with E-state index in [2.05, 4.69) is 15.1 Å². The van der Waals surface area contributed by atoms with E-state index in [0.717, 1.165) is 30.9 Å². The van der Waals surface area contributed by atoms with Crippen molar-refractivity contribution in [3.63, 3.8) is 0 Å². The highest BCUT2D eigenvalue weighted by atomic mass is 32.2. The lowest BCUT2D eigenvalue weighted by Crippen LogP contribution is -2.40. The Morgan fingerprint density at radius 2 is 1.95 bits per heavy atom. The minimum absolute atomic E-state index is 0.102. The zero-order valence-electron chi connectivity index (χ0n) is 12.6. The summed E-state index contributed by atoms with van der Waals surface area (Å²) in [6.07, 6.45) is 2.43. The van der Waals surface area contributed by atoms with Crippen LogP contribution in [0.1, 0.15) is 31.9 Å². The van der Waals surface area contributed by atoms with Crippen LogP contribution in [0.3, 0.4) is 0 Å². The third-order valence-corrected chi connectivity index (χ3v) is 6.51. The fraction of sp³-hybridized carbons (Fsp3) is 0.714. The highest BCUT2D eigenvalue weighted by Gasteiger charge is 2.47. The van der Waals surface area contributed by atoms with E-state index in [4.69, 9.17) is 0 Å². The van der Waals surface area contributed by atoms with Gasteiger partial charge < -0.3 is 4.90 Å². The first-order chi connectivity index (χ1) is 10.0. The lowest BCUT2D eigenvalue weighted by molar-refractivity contribution is 0.388. The fourth-order valence-electron chi connectivity index (χ4n) is 3.50. The summed E-state index contributed by atoms with van der Waals surface area (Å²) < 4.78 is 26.4. The molecule has 1 aromatic rings. The van der Waals surface area contributed by atoms with Gasteiger partial charge in [-0.05, 0) is 38.3 Å². The van der Waals surface area contributed by atoms with Crippen LogP contribution in [0.4, 0.5) is 5.82 Å². The maximum atomic E-state index is 12.3.